The molecule has 2 aromatic heterocycles. The van der Waals surface area contributed by atoms with Crippen LogP contribution in [0.25, 0.3) is 11.4 Å². The Hall–Kier alpha value is -3.43. The van der Waals surface area contributed by atoms with Crippen molar-refractivity contribution in [1.82, 2.24) is 14.8 Å². The van der Waals surface area contributed by atoms with E-state index in [4.69, 9.17) is 25.5 Å². The minimum Gasteiger partial charge on any atom is -0.497 e. The van der Waals surface area contributed by atoms with Gasteiger partial charge >= 0.3 is 0 Å². The summed E-state index contributed by atoms with van der Waals surface area (Å²) < 4.78 is 18.0. The molecule has 10 heteroatoms. The van der Waals surface area contributed by atoms with Crippen LogP contribution in [0.15, 0.2) is 64.4 Å². The van der Waals surface area contributed by atoms with E-state index in [9.17, 15) is 4.79 Å². The second kappa shape index (κ2) is 10.7. The fourth-order valence-electron chi connectivity index (χ4n) is 3.30. The molecule has 34 heavy (non-hydrogen) atoms. The average molecular weight is 499 g/mol. The third kappa shape index (κ3) is 5.37. The number of carbonyl (C=O) groups excluding carboxylic acids is 1. The van der Waals surface area contributed by atoms with Crippen LogP contribution in [-0.4, -0.2) is 40.6 Å². The van der Waals surface area contributed by atoms with Gasteiger partial charge in [-0.2, -0.15) is 0 Å². The third-order valence-electron chi connectivity index (χ3n) is 5.05. The first-order chi connectivity index (χ1) is 16.5. The van der Waals surface area contributed by atoms with Crippen LogP contribution in [0.5, 0.6) is 11.5 Å². The predicted molar refractivity (Wildman–Crippen MR) is 132 cm³/mol. The van der Waals surface area contributed by atoms with Crippen molar-refractivity contribution in [3.8, 4) is 22.9 Å². The Morgan fingerprint density at radius 1 is 1.15 bits per heavy atom. The molecule has 4 aromatic rings. The van der Waals surface area contributed by atoms with Crippen molar-refractivity contribution in [3.05, 3.63) is 71.1 Å². The van der Waals surface area contributed by atoms with Crippen LogP contribution >= 0.6 is 23.4 Å². The zero-order valence-corrected chi connectivity index (χ0v) is 20.4. The van der Waals surface area contributed by atoms with Crippen molar-refractivity contribution in [2.45, 2.75) is 18.6 Å². The minimum atomic E-state index is -0.205. The molecule has 0 aliphatic heterocycles. The van der Waals surface area contributed by atoms with Crippen molar-refractivity contribution in [1.29, 1.82) is 0 Å². The molecule has 0 saturated heterocycles. The maximum Gasteiger partial charge on any atom is 0.234 e. The molecular weight excluding hydrogens is 476 g/mol. The van der Waals surface area contributed by atoms with Crippen LogP contribution in [0.1, 0.15) is 11.3 Å². The van der Waals surface area contributed by atoms with Gasteiger partial charge in [-0.15, -0.1) is 10.2 Å². The van der Waals surface area contributed by atoms with Gasteiger partial charge in [0.1, 0.15) is 17.3 Å². The predicted octanol–water partition coefficient (Wildman–Crippen LogP) is 5.30. The standard InChI is InChI=1S/C24H23ClN4O4S/c1-15-11-20(21(32-3)12-19(15)25)26-22(30)14-34-24-28-27-23(16-6-8-17(31-2)9-7-16)29(24)13-18-5-4-10-33-18/h4-12H,13-14H2,1-3H3,(H,26,30). The quantitative estimate of drug-likeness (QED) is 0.313. The molecule has 0 aliphatic rings. The lowest BCUT2D eigenvalue weighted by Crippen LogP contribution is -2.15. The van der Waals surface area contributed by atoms with Crippen molar-refractivity contribution < 1.29 is 18.7 Å². The van der Waals surface area contributed by atoms with E-state index in [-0.39, 0.29) is 11.7 Å². The first-order valence-corrected chi connectivity index (χ1v) is 11.7. The normalized spacial score (nSPS) is 10.8. The van der Waals surface area contributed by atoms with Gasteiger partial charge in [-0.05, 0) is 55.0 Å². The fraction of sp³-hybridized carbons (Fsp3) is 0.208. The summed E-state index contributed by atoms with van der Waals surface area (Å²) in [5.41, 5.74) is 2.27. The number of aryl methyl sites for hydroxylation is 1. The van der Waals surface area contributed by atoms with E-state index in [0.29, 0.717) is 34.0 Å². The van der Waals surface area contributed by atoms with Crippen LogP contribution in [0, 0.1) is 6.92 Å². The smallest absolute Gasteiger partial charge is 0.234 e. The van der Waals surface area contributed by atoms with Gasteiger partial charge in [-0.1, -0.05) is 23.4 Å². The molecule has 0 atom stereocenters. The molecule has 8 nitrogen and oxygen atoms in total. The van der Waals surface area contributed by atoms with Gasteiger partial charge in [0.15, 0.2) is 11.0 Å². The molecule has 2 heterocycles. The van der Waals surface area contributed by atoms with Crippen LogP contribution in [0.2, 0.25) is 5.02 Å². The Morgan fingerprint density at radius 3 is 2.62 bits per heavy atom. The molecule has 1 amide bonds. The van der Waals surface area contributed by atoms with Crippen LogP contribution in [0.3, 0.4) is 0 Å². The number of hydrogen-bond donors (Lipinski definition) is 1. The maximum absolute atomic E-state index is 12.7. The summed E-state index contributed by atoms with van der Waals surface area (Å²) in [6.45, 7) is 2.29. The lowest BCUT2D eigenvalue weighted by Gasteiger charge is -2.12. The summed E-state index contributed by atoms with van der Waals surface area (Å²) in [4.78, 5) is 12.7. The monoisotopic (exact) mass is 498 g/mol. The van der Waals surface area contributed by atoms with Gasteiger partial charge in [0.25, 0.3) is 0 Å². The zero-order valence-electron chi connectivity index (χ0n) is 18.9. The number of benzene rings is 2. The summed E-state index contributed by atoms with van der Waals surface area (Å²) in [6, 6.07) is 14.7. The Labute approximate surface area is 206 Å². The summed E-state index contributed by atoms with van der Waals surface area (Å²) in [7, 11) is 3.15. The number of amides is 1. The van der Waals surface area contributed by atoms with Crippen molar-refractivity contribution in [3.63, 3.8) is 0 Å². The van der Waals surface area contributed by atoms with Crippen molar-refractivity contribution in [2.24, 2.45) is 0 Å². The van der Waals surface area contributed by atoms with Crippen molar-refractivity contribution >= 4 is 35.0 Å². The molecule has 2 aromatic carbocycles. The van der Waals surface area contributed by atoms with Gasteiger partial charge < -0.3 is 19.2 Å². The largest absolute Gasteiger partial charge is 0.497 e. The van der Waals surface area contributed by atoms with E-state index in [0.717, 1.165) is 22.6 Å². The first kappa shape index (κ1) is 23.7. The molecular formula is C24H23ClN4O4S. The number of anilines is 1. The second-order valence-electron chi connectivity index (χ2n) is 7.34. The first-order valence-electron chi connectivity index (χ1n) is 10.3. The van der Waals surface area contributed by atoms with E-state index >= 15 is 0 Å². The summed E-state index contributed by atoms with van der Waals surface area (Å²) in [5.74, 6) is 2.59. The molecule has 1 N–H and O–H groups in total. The highest BCUT2D eigenvalue weighted by Crippen LogP contribution is 2.32. The number of ether oxygens (including phenoxy) is 2. The Kier molecular flexibility index (Phi) is 7.44. The van der Waals surface area contributed by atoms with Gasteiger partial charge in [-0.3, -0.25) is 9.36 Å². The van der Waals surface area contributed by atoms with E-state index in [1.165, 1.54) is 18.9 Å². The lowest BCUT2D eigenvalue weighted by atomic mass is 10.2. The summed E-state index contributed by atoms with van der Waals surface area (Å²) >= 11 is 7.44. The van der Waals surface area contributed by atoms with Gasteiger partial charge in [0, 0.05) is 16.7 Å². The van der Waals surface area contributed by atoms with E-state index in [1.807, 2.05) is 47.9 Å². The maximum atomic E-state index is 12.7. The summed E-state index contributed by atoms with van der Waals surface area (Å²) in [6.07, 6.45) is 1.62. The summed E-state index contributed by atoms with van der Waals surface area (Å²) in [5, 5.41) is 12.8. The van der Waals surface area contributed by atoms with Crippen LogP contribution in [0.4, 0.5) is 5.69 Å². The Bertz CT molecular complexity index is 1270. The molecule has 0 aliphatic carbocycles. The number of aromatic nitrogens is 3. The zero-order chi connectivity index (χ0) is 24.1. The molecule has 4 rings (SSSR count). The highest BCUT2D eigenvalue weighted by molar-refractivity contribution is 7.99. The van der Waals surface area contributed by atoms with Crippen molar-refractivity contribution in [2.75, 3.05) is 25.3 Å². The van der Waals surface area contributed by atoms with Gasteiger partial charge in [0.05, 0.1) is 38.5 Å². The highest BCUT2D eigenvalue weighted by Gasteiger charge is 2.18. The van der Waals surface area contributed by atoms with Crippen LogP contribution < -0.4 is 14.8 Å². The van der Waals surface area contributed by atoms with Crippen LogP contribution in [-0.2, 0) is 11.3 Å². The minimum absolute atomic E-state index is 0.129. The molecule has 176 valence electrons. The number of carbonyl (C=O) groups is 1. The molecule has 0 unspecified atom stereocenters. The van der Waals surface area contributed by atoms with E-state index < -0.39 is 0 Å². The van der Waals surface area contributed by atoms with Gasteiger partial charge in [-0.25, -0.2) is 0 Å². The average Bonchev–Trinajstić information content (AvgIpc) is 3.50. The molecule has 0 radical (unpaired) electrons. The number of nitrogens with zero attached hydrogens (tertiary/aromatic N) is 3. The number of rotatable bonds is 9. The fourth-order valence-corrected chi connectivity index (χ4v) is 4.19. The Morgan fingerprint density at radius 2 is 1.94 bits per heavy atom. The van der Waals surface area contributed by atoms with E-state index in [1.54, 1.807) is 25.5 Å². The molecule has 0 saturated carbocycles. The second-order valence-corrected chi connectivity index (χ2v) is 8.69. The lowest BCUT2D eigenvalue weighted by molar-refractivity contribution is -0.113. The Balaban J connectivity index is 1.54. The number of furan rings is 1. The molecule has 0 fully saturated rings. The highest BCUT2D eigenvalue weighted by atomic mass is 35.5. The number of hydrogen-bond acceptors (Lipinski definition) is 7. The topological polar surface area (TPSA) is 91.4 Å². The number of methoxy groups -OCH3 is 2. The van der Waals surface area contributed by atoms with E-state index in [2.05, 4.69) is 15.5 Å². The number of halogens is 1. The molecule has 0 bridgehead atoms. The molecule has 0 spiro atoms. The number of nitrogens with one attached hydrogen (secondary N) is 1. The third-order valence-corrected chi connectivity index (χ3v) is 6.42. The SMILES string of the molecule is COc1ccc(-c2nnc(SCC(=O)Nc3cc(C)c(Cl)cc3OC)n2Cc2ccco2)cc1. The van der Waals surface area contributed by atoms with Gasteiger partial charge in [0.2, 0.25) is 5.91 Å². The number of thioether (sulfide) groups is 1.